The molecule has 0 radical (unpaired) electrons. The maximum absolute atomic E-state index is 12.6. The van der Waals surface area contributed by atoms with Crippen LogP contribution in [0.1, 0.15) is 21.7 Å². The molecule has 0 fully saturated rings. The molecule has 5 heteroatoms. The molecule has 1 aromatic carbocycles. The number of Topliss-reactive ketones (excluding diaryl/α,β-unsaturated/α-hetero) is 1. The van der Waals surface area contributed by atoms with E-state index in [1.54, 1.807) is 41.8 Å². The van der Waals surface area contributed by atoms with E-state index in [9.17, 15) is 14.7 Å². The Labute approximate surface area is 132 Å². The highest BCUT2D eigenvalue weighted by molar-refractivity contribution is 7.12. The van der Waals surface area contributed by atoms with E-state index < -0.39 is 11.5 Å². The number of aliphatic hydroxyl groups is 1. The lowest BCUT2D eigenvalue weighted by Gasteiger charge is -2.21. The molecular formula is C17H13NO3S. The molecular weight excluding hydrogens is 298 g/mol. The number of carbonyl (C=O) groups excluding carboxylic acids is 2. The third-order valence-electron chi connectivity index (χ3n) is 3.70. The first kappa shape index (κ1) is 14.5. The van der Waals surface area contributed by atoms with Gasteiger partial charge in [-0.2, -0.15) is 0 Å². The average Bonchev–Trinajstić information content (AvgIpc) is 3.11. The zero-order valence-corrected chi connectivity index (χ0v) is 12.5. The van der Waals surface area contributed by atoms with Gasteiger partial charge in [-0.1, -0.05) is 30.2 Å². The summed E-state index contributed by atoms with van der Waals surface area (Å²) in [7, 11) is 0. The van der Waals surface area contributed by atoms with Crippen LogP contribution in [0.15, 0.2) is 41.8 Å². The van der Waals surface area contributed by atoms with E-state index in [4.69, 9.17) is 6.42 Å². The lowest BCUT2D eigenvalue weighted by Crippen LogP contribution is -2.41. The average molecular weight is 311 g/mol. The maximum atomic E-state index is 12.6. The number of amides is 1. The molecule has 2 aromatic rings. The van der Waals surface area contributed by atoms with E-state index in [0.29, 0.717) is 16.1 Å². The number of hydrogen-bond donors (Lipinski definition) is 1. The molecule has 0 saturated carbocycles. The highest BCUT2D eigenvalue weighted by Gasteiger charge is 2.50. The van der Waals surface area contributed by atoms with Crippen molar-refractivity contribution in [1.29, 1.82) is 0 Å². The Hall–Kier alpha value is -2.42. The second kappa shape index (κ2) is 5.41. The van der Waals surface area contributed by atoms with Gasteiger partial charge in [0, 0.05) is 5.56 Å². The highest BCUT2D eigenvalue weighted by atomic mass is 32.1. The fraction of sp³-hybridized carbons (Fsp3) is 0.176. The minimum Gasteiger partial charge on any atom is -0.375 e. The fourth-order valence-corrected chi connectivity index (χ4v) is 3.35. The summed E-state index contributed by atoms with van der Waals surface area (Å²) >= 11 is 1.29. The summed E-state index contributed by atoms with van der Waals surface area (Å²) in [5, 5.41) is 12.7. The van der Waals surface area contributed by atoms with Crippen molar-refractivity contribution < 1.29 is 14.7 Å². The van der Waals surface area contributed by atoms with Crippen LogP contribution in [0.2, 0.25) is 0 Å². The molecule has 0 saturated heterocycles. The molecule has 0 bridgehead atoms. The van der Waals surface area contributed by atoms with Crippen molar-refractivity contribution in [1.82, 2.24) is 0 Å². The zero-order valence-electron chi connectivity index (χ0n) is 11.7. The van der Waals surface area contributed by atoms with Gasteiger partial charge in [0.2, 0.25) is 0 Å². The predicted octanol–water partition coefficient (Wildman–Crippen LogP) is 2.19. The second-order valence-corrected chi connectivity index (χ2v) is 6.00. The van der Waals surface area contributed by atoms with E-state index in [1.165, 1.54) is 16.2 Å². The number of terminal acetylenes is 1. The van der Waals surface area contributed by atoms with Gasteiger partial charge in [0.15, 0.2) is 11.4 Å². The Balaban J connectivity index is 2.00. The largest absolute Gasteiger partial charge is 0.375 e. The number of ketones is 1. The van der Waals surface area contributed by atoms with Crippen molar-refractivity contribution >= 4 is 28.7 Å². The zero-order chi connectivity index (χ0) is 15.7. The molecule has 2 heterocycles. The first-order valence-corrected chi connectivity index (χ1v) is 7.60. The molecule has 3 rings (SSSR count). The monoisotopic (exact) mass is 311 g/mol. The number of benzene rings is 1. The van der Waals surface area contributed by atoms with Crippen LogP contribution in [-0.4, -0.2) is 23.3 Å². The van der Waals surface area contributed by atoms with Crippen LogP contribution in [0.25, 0.3) is 0 Å². The summed E-state index contributed by atoms with van der Waals surface area (Å²) in [6, 6.07) is 10.3. The quantitative estimate of drug-likeness (QED) is 0.695. The Bertz CT molecular complexity index is 775. The van der Waals surface area contributed by atoms with E-state index >= 15 is 0 Å². The van der Waals surface area contributed by atoms with Crippen LogP contribution < -0.4 is 4.90 Å². The van der Waals surface area contributed by atoms with Gasteiger partial charge < -0.3 is 5.11 Å². The first-order chi connectivity index (χ1) is 10.6. The number of carbonyl (C=O) groups is 2. The van der Waals surface area contributed by atoms with Gasteiger partial charge in [-0.15, -0.1) is 17.8 Å². The van der Waals surface area contributed by atoms with Crippen LogP contribution in [0.5, 0.6) is 0 Å². The maximum Gasteiger partial charge on any atom is 0.265 e. The van der Waals surface area contributed by atoms with Crippen LogP contribution in [0.3, 0.4) is 0 Å². The Morgan fingerprint density at radius 3 is 2.77 bits per heavy atom. The molecule has 110 valence electrons. The minimum absolute atomic E-state index is 0.0609. The summed E-state index contributed by atoms with van der Waals surface area (Å²) in [6.45, 7) is 0.0609. The molecule has 0 aliphatic carbocycles. The summed E-state index contributed by atoms with van der Waals surface area (Å²) in [4.78, 5) is 26.8. The van der Waals surface area contributed by atoms with Crippen molar-refractivity contribution in [2.75, 3.05) is 11.4 Å². The molecule has 1 N–H and O–H groups in total. The van der Waals surface area contributed by atoms with Gasteiger partial charge in [0.1, 0.15) is 0 Å². The number of fused-ring (bicyclic) bond motifs is 1. The van der Waals surface area contributed by atoms with E-state index in [0.717, 1.165) is 0 Å². The number of hydrogen-bond acceptors (Lipinski definition) is 4. The lowest BCUT2D eigenvalue weighted by molar-refractivity contribution is -0.135. The SMILES string of the molecule is C#CCN1C(=O)C(O)(CC(=O)c2cccs2)c2ccccc21. The Morgan fingerprint density at radius 2 is 2.09 bits per heavy atom. The summed E-state index contributed by atoms with van der Waals surface area (Å²) in [5.41, 5.74) is -0.860. The number of rotatable bonds is 4. The van der Waals surface area contributed by atoms with Crippen LogP contribution in [0, 0.1) is 12.3 Å². The molecule has 1 unspecified atom stereocenters. The lowest BCUT2D eigenvalue weighted by atomic mass is 9.89. The standard InChI is InChI=1S/C17H13NO3S/c1-2-9-18-13-7-4-3-6-12(13)17(21,16(18)20)11-14(19)15-8-5-10-22-15/h1,3-8,10,21H,9,11H2. The van der Waals surface area contributed by atoms with E-state index in [2.05, 4.69) is 5.92 Å². The fourth-order valence-electron chi connectivity index (χ4n) is 2.68. The first-order valence-electron chi connectivity index (χ1n) is 6.72. The molecule has 1 aliphatic rings. The van der Waals surface area contributed by atoms with Crippen LogP contribution in [0.4, 0.5) is 5.69 Å². The molecule has 1 aromatic heterocycles. The number of thiophene rings is 1. The summed E-state index contributed by atoms with van der Waals surface area (Å²) < 4.78 is 0. The molecule has 0 spiro atoms. The van der Waals surface area contributed by atoms with Crippen molar-refractivity contribution in [2.45, 2.75) is 12.0 Å². The number of anilines is 1. The smallest absolute Gasteiger partial charge is 0.265 e. The minimum atomic E-state index is -1.85. The van der Waals surface area contributed by atoms with Crippen molar-refractivity contribution in [3.63, 3.8) is 0 Å². The molecule has 1 amide bonds. The van der Waals surface area contributed by atoms with Crippen molar-refractivity contribution in [3.05, 3.63) is 52.2 Å². The van der Waals surface area contributed by atoms with Gasteiger partial charge >= 0.3 is 0 Å². The highest BCUT2D eigenvalue weighted by Crippen LogP contribution is 2.42. The number of nitrogens with zero attached hydrogens (tertiary/aromatic N) is 1. The number of para-hydroxylation sites is 1. The predicted molar refractivity (Wildman–Crippen MR) is 84.8 cm³/mol. The molecule has 1 atom stereocenters. The van der Waals surface area contributed by atoms with Gasteiger partial charge in [0.05, 0.1) is 23.5 Å². The normalized spacial score (nSPS) is 19.8. The van der Waals surface area contributed by atoms with Crippen molar-refractivity contribution in [3.8, 4) is 12.3 Å². The van der Waals surface area contributed by atoms with Crippen LogP contribution >= 0.6 is 11.3 Å². The Morgan fingerprint density at radius 1 is 1.32 bits per heavy atom. The van der Waals surface area contributed by atoms with Gasteiger partial charge in [-0.25, -0.2) is 0 Å². The van der Waals surface area contributed by atoms with E-state index in [1.807, 2.05) is 0 Å². The van der Waals surface area contributed by atoms with Gasteiger partial charge in [-0.05, 0) is 17.5 Å². The van der Waals surface area contributed by atoms with Crippen LogP contribution in [-0.2, 0) is 10.4 Å². The topological polar surface area (TPSA) is 57.6 Å². The third-order valence-corrected chi connectivity index (χ3v) is 4.61. The molecule has 4 nitrogen and oxygen atoms in total. The summed E-state index contributed by atoms with van der Waals surface area (Å²) in [6.07, 6.45) is 5.02. The second-order valence-electron chi connectivity index (χ2n) is 5.05. The molecule has 1 aliphatic heterocycles. The van der Waals surface area contributed by atoms with Gasteiger partial charge in [0.25, 0.3) is 5.91 Å². The summed E-state index contributed by atoms with van der Waals surface area (Å²) in [5.74, 6) is 1.60. The third kappa shape index (κ3) is 2.13. The van der Waals surface area contributed by atoms with E-state index in [-0.39, 0.29) is 18.7 Å². The van der Waals surface area contributed by atoms with Gasteiger partial charge in [-0.3, -0.25) is 14.5 Å². The van der Waals surface area contributed by atoms with Crippen molar-refractivity contribution in [2.24, 2.45) is 0 Å². The molecule has 22 heavy (non-hydrogen) atoms. The Kier molecular flexibility index (Phi) is 3.57.